The number of fused-ring (bicyclic) bond motifs is 1. The van der Waals surface area contributed by atoms with E-state index in [-0.39, 0.29) is 6.04 Å². The molecule has 0 heterocycles. The van der Waals surface area contributed by atoms with E-state index < -0.39 is 5.97 Å². The van der Waals surface area contributed by atoms with E-state index in [0.717, 1.165) is 24.1 Å². The van der Waals surface area contributed by atoms with Crippen molar-refractivity contribution >= 4 is 11.7 Å². The number of aromatic carboxylic acids is 1. The Kier molecular flexibility index (Phi) is 3.42. The highest BCUT2D eigenvalue weighted by Crippen LogP contribution is 2.35. The van der Waals surface area contributed by atoms with Crippen LogP contribution in [0.3, 0.4) is 0 Å². The summed E-state index contributed by atoms with van der Waals surface area (Å²) in [7, 11) is 0. The molecular formula is C18H19NO2. The van der Waals surface area contributed by atoms with Crippen molar-refractivity contribution in [2.75, 3.05) is 5.32 Å². The predicted octanol–water partition coefficient (Wildman–Crippen LogP) is 4.10. The van der Waals surface area contributed by atoms with Crippen LogP contribution in [0.5, 0.6) is 0 Å². The average Bonchev–Trinajstić information content (AvgIpc) is 2.83. The molecule has 2 N–H and O–H groups in total. The Balaban J connectivity index is 1.91. The topological polar surface area (TPSA) is 49.3 Å². The maximum Gasteiger partial charge on any atom is 0.336 e. The zero-order valence-corrected chi connectivity index (χ0v) is 12.3. The van der Waals surface area contributed by atoms with Gasteiger partial charge in [-0.15, -0.1) is 0 Å². The van der Waals surface area contributed by atoms with Crippen LogP contribution in [0.1, 0.15) is 45.1 Å². The van der Waals surface area contributed by atoms with E-state index in [2.05, 4.69) is 30.4 Å². The molecule has 21 heavy (non-hydrogen) atoms. The normalized spacial score (nSPS) is 16.6. The molecule has 0 saturated carbocycles. The van der Waals surface area contributed by atoms with Crippen LogP contribution in [-0.2, 0) is 6.42 Å². The van der Waals surface area contributed by atoms with Gasteiger partial charge in [-0.3, -0.25) is 0 Å². The molecule has 2 aromatic carbocycles. The Bertz CT molecular complexity index is 706. The van der Waals surface area contributed by atoms with Gasteiger partial charge < -0.3 is 10.4 Å². The molecule has 1 aliphatic carbocycles. The van der Waals surface area contributed by atoms with Crippen LogP contribution >= 0.6 is 0 Å². The predicted molar refractivity (Wildman–Crippen MR) is 84.0 cm³/mol. The summed E-state index contributed by atoms with van der Waals surface area (Å²) in [6, 6.07) is 12.2. The lowest BCUT2D eigenvalue weighted by Gasteiger charge is -2.18. The van der Waals surface area contributed by atoms with Gasteiger partial charge in [0.1, 0.15) is 0 Å². The standard InChI is InChI=1S/C18H19NO2/c1-11-6-7-13-8-9-17(15(13)10-11)19-16-5-3-4-14(12(16)2)18(20)21/h3-7,10,17,19H,8-9H2,1-2H3,(H,20,21). The third kappa shape index (κ3) is 2.51. The second-order valence-electron chi connectivity index (χ2n) is 5.72. The molecule has 108 valence electrons. The number of carboxylic acid groups (broad SMARTS) is 1. The first-order valence-electron chi connectivity index (χ1n) is 7.25. The summed E-state index contributed by atoms with van der Waals surface area (Å²) < 4.78 is 0. The highest BCUT2D eigenvalue weighted by Gasteiger charge is 2.23. The zero-order chi connectivity index (χ0) is 15.0. The highest BCUT2D eigenvalue weighted by molar-refractivity contribution is 5.91. The second kappa shape index (κ2) is 5.24. The lowest BCUT2D eigenvalue weighted by molar-refractivity contribution is 0.0696. The van der Waals surface area contributed by atoms with Crippen molar-refractivity contribution in [1.82, 2.24) is 0 Å². The van der Waals surface area contributed by atoms with E-state index >= 15 is 0 Å². The Morgan fingerprint density at radius 1 is 1.24 bits per heavy atom. The van der Waals surface area contributed by atoms with Gasteiger partial charge in [0.05, 0.1) is 11.6 Å². The third-order valence-electron chi connectivity index (χ3n) is 4.27. The summed E-state index contributed by atoms with van der Waals surface area (Å²) >= 11 is 0. The lowest BCUT2D eigenvalue weighted by atomic mass is 10.0. The van der Waals surface area contributed by atoms with Gasteiger partial charge in [0, 0.05) is 5.69 Å². The molecule has 0 fully saturated rings. The van der Waals surface area contributed by atoms with E-state index in [1.54, 1.807) is 12.1 Å². The van der Waals surface area contributed by atoms with Gasteiger partial charge >= 0.3 is 5.97 Å². The molecule has 1 atom stereocenters. The van der Waals surface area contributed by atoms with Crippen molar-refractivity contribution in [3.63, 3.8) is 0 Å². The van der Waals surface area contributed by atoms with Gasteiger partial charge in [-0.05, 0) is 55.5 Å². The molecule has 1 aliphatic rings. The molecule has 0 amide bonds. The second-order valence-corrected chi connectivity index (χ2v) is 5.72. The van der Waals surface area contributed by atoms with Crippen molar-refractivity contribution in [3.8, 4) is 0 Å². The van der Waals surface area contributed by atoms with E-state index in [9.17, 15) is 9.90 Å². The fourth-order valence-electron chi connectivity index (χ4n) is 3.08. The van der Waals surface area contributed by atoms with Crippen LogP contribution in [0, 0.1) is 13.8 Å². The molecule has 0 spiro atoms. The Morgan fingerprint density at radius 2 is 2.05 bits per heavy atom. The molecule has 3 rings (SSSR count). The molecule has 0 bridgehead atoms. The molecule has 0 saturated heterocycles. The van der Waals surface area contributed by atoms with Crippen molar-refractivity contribution in [1.29, 1.82) is 0 Å². The molecule has 0 radical (unpaired) electrons. The Hall–Kier alpha value is -2.29. The summed E-state index contributed by atoms with van der Waals surface area (Å²) in [5, 5.41) is 12.7. The molecule has 2 aromatic rings. The minimum atomic E-state index is -0.876. The summed E-state index contributed by atoms with van der Waals surface area (Å²) in [4.78, 5) is 11.2. The molecule has 1 unspecified atom stereocenters. The van der Waals surface area contributed by atoms with Crippen molar-refractivity contribution in [3.05, 3.63) is 64.2 Å². The van der Waals surface area contributed by atoms with Gasteiger partial charge in [-0.25, -0.2) is 4.79 Å². The van der Waals surface area contributed by atoms with E-state index in [0.29, 0.717) is 5.56 Å². The number of carbonyl (C=O) groups is 1. The largest absolute Gasteiger partial charge is 0.478 e. The minimum absolute atomic E-state index is 0.266. The van der Waals surface area contributed by atoms with Crippen LogP contribution in [-0.4, -0.2) is 11.1 Å². The van der Waals surface area contributed by atoms with Crippen LogP contribution in [0.25, 0.3) is 0 Å². The first-order valence-corrected chi connectivity index (χ1v) is 7.25. The Morgan fingerprint density at radius 3 is 2.81 bits per heavy atom. The lowest BCUT2D eigenvalue weighted by Crippen LogP contribution is -2.10. The minimum Gasteiger partial charge on any atom is -0.478 e. The summed E-state index contributed by atoms with van der Waals surface area (Å²) in [5.41, 5.74) is 6.07. The number of benzene rings is 2. The Labute approximate surface area is 124 Å². The number of aryl methyl sites for hydroxylation is 2. The average molecular weight is 281 g/mol. The fraction of sp³-hybridized carbons (Fsp3) is 0.278. The number of carboxylic acids is 1. The number of hydrogen-bond donors (Lipinski definition) is 2. The first kappa shape index (κ1) is 13.7. The van der Waals surface area contributed by atoms with Crippen molar-refractivity contribution < 1.29 is 9.90 Å². The first-order chi connectivity index (χ1) is 10.1. The molecule has 3 nitrogen and oxygen atoms in total. The van der Waals surface area contributed by atoms with E-state index in [1.807, 2.05) is 13.0 Å². The summed E-state index contributed by atoms with van der Waals surface area (Å²) in [6.45, 7) is 3.96. The number of rotatable bonds is 3. The molecule has 0 aromatic heterocycles. The number of hydrogen-bond acceptors (Lipinski definition) is 2. The van der Waals surface area contributed by atoms with Gasteiger partial charge in [-0.2, -0.15) is 0 Å². The fourth-order valence-corrected chi connectivity index (χ4v) is 3.08. The van der Waals surface area contributed by atoms with Crippen LogP contribution in [0.15, 0.2) is 36.4 Å². The molecule has 3 heteroatoms. The van der Waals surface area contributed by atoms with Gasteiger partial charge in [0.15, 0.2) is 0 Å². The van der Waals surface area contributed by atoms with E-state index in [4.69, 9.17) is 0 Å². The van der Waals surface area contributed by atoms with E-state index in [1.165, 1.54) is 16.7 Å². The maximum atomic E-state index is 11.2. The number of anilines is 1. The SMILES string of the molecule is Cc1ccc2c(c1)C(Nc1cccc(C(=O)O)c1C)CC2. The van der Waals surface area contributed by atoms with Crippen LogP contribution < -0.4 is 5.32 Å². The highest BCUT2D eigenvalue weighted by atomic mass is 16.4. The quantitative estimate of drug-likeness (QED) is 0.890. The monoisotopic (exact) mass is 281 g/mol. The summed E-state index contributed by atoms with van der Waals surface area (Å²) in [6.07, 6.45) is 2.13. The smallest absolute Gasteiger partial charge is 0.336 e. The van der Waals surface area contributed by atoms with Gasteiger partial charge in [0.2, 0.25) is 0 Å². The van der Waals surface area contributed by atoms with Crippen molar-refractivity contribution in [2.24, 2.45) is 0 Å². The maximum absolute atomic E-state index is 11.2. The number of nitrogens with one attached hydrogen (secondary N) is 1. The molecule has 0 aliphatic heterocycles. The van der Waals surface area contributed by atoms with Gasteiger partial charge in [0.25, 0.3) is 0 Å². The van der Waals surface area contributed by atoms with Crippen molar-refractivity contribution in [2.45, 2.75) is 32.7 Å². The van der Waals surface area contributed by atoms with Crippen LogP contribution in [0.2, 0.25) is 0 Å². The van der Waals surface area contributed by atoms with Crippen LogP contribution in [0.4, 0.5) is 5.69 Å². The van der Waals surface area contributed by atoms with Gasteiger partial charge in [-0.1, -0.05) is 29.8 Å². The third-order valence-corrected chi connectivity index (χ3v) is 4.27. The molecular weight excluding hydrogens is 262 g/mol. The zero-order valence-electron chi connectivity index (χ0n) is 12.3. The summed E-state index contributed by atoms with van der Waals surface area (Å²) in [5.74, 6) is -0.876.